The summed E-state index contributed by atoms with van der Waals surface area (Å²) in [5.74, 6) is -2.24. The highest BCUT2D eigenvalue weighted by molar-refractivity contribution is 6.06. The van der Waals surface area contributed by atoms with Crippen LogP contribution in [0.15, 0.2) is 43.5 Å². The lowest BCUT2D eigenvalue weighted by molar-refractivity contribution is -0.153. The highest BCUT2D eigenvalue weighted by atomic mass is 16.5. The molecule has 1 spiro atoms. The fourth-order valence-electron chi connectivity index (χ4n) is 7.87. The van der Waals surface area contributed by atoms with Crippen molar-refractivity contribution in [2.75, 3.05) is 31.6 Å². The number of para-hydroxylation sites is 1. The summed E-state index contributed by atoms with van der Waals surface area (Å²) in [5.41, 5.74) is 0.535. The molecule has 8 heteroatoms. The van der Waals surface area contributed by atoms with Crippen LogP contribution in [0.4, 0.5) is 5.69 Å². The number of aliphatic hydroxyl groups is 1. The summed E-state index contributed by atoms with van der Waals surface area (Å²) in [6.45, 7) is 19.9. The smallest absolute Gasteiger partial charge is 0.253 e. The van der Waals surface area contributed by atoms with Crippen molar-refractivity contribution in [3.05, 3.63) is 54.6 Å². The third kappa shape index (κ3) is 4.73. The lowest BCUT2D eigenvalue weighted by Crippen LogP contribution is -2.59. The number of carbonyl (C=O) groups excluding carboxylic acids is 3. The van der Waals surface area contributed by atoms with E-state index in [2.05, 4.69) is 13.2 Å². The molecule has 1 N–H and O–H groups in total. The maximum atomic E-state index is 15.0. The zero-order chi connectivity index (χ0) is 30.4. The number of fused-ring (bicyclic) bond motifs is 1. The molecule has 7 atom stereocenters. The first-order valence-electron chi connectivity index (χ1n) is 14.8. The molecule has 1 aromatic rings. The molecule has 4 rings (SSSR count). The zero-order valence-electron chi connectivity index (χ0n) is 25.7. The Morgan fingerprint density at radius 2 is 1.78 bits per heavy atom. The lowest BCUT2D eigenvalue weighted by atomic mass is 9.62. The number of aryl methyl sites for hydroxylation is 2. The number of nitrogens with zero attached hydrogens (tertiary/aromatic N) is 3. The molecule has 3 aliphatic rings. The van der Waals surface area contributed by atoms with E-state index in [1.54, 1.807) is 33.9 Å². The molecular formula is C33H47N3O5. The van der Waals surface area contributed by atoms with Gasteiger partial charge >= 0.3 is 0 Å². The molecule has 0 saturated carbocycles. The van der Waals surface area contributed by atoms with Gasteiger partial charge in [-0.1, -0.05) is 51.1 Å². The summed E-state index contributed by atoms with van der Waals surface area (Å²) < 4.78 is 6.91. The minimum atomic E-state index is -1.20. The van der Waals surface area contributed by atoms with Gasteiger partial charge in [-0.05, 0) is 56.6 Å². The number of likely N-dealkylation sites (tertiary alicyclic amines) is 1. The molecule has 2 bridgehead atoms. The Morgan fingerprint density at radius 1 is 1.17 bits per heavy atom. The van der Waals surface area contributed by atoms with E-state index in [1.807, 2.05) is 59.7 Å². The van der Waals surface area contributed by atoms with Crippen molar-refractivity contribution in [2.45, 2.75) is 77.7 Å². The summed E-state index contributed by atoms with van der Waals surface area (Å²) in [6, 6.07) is 4.29. The van der Waals surface area contributed by atoms with Crippen LogP contribution in [0, 0.1) is 37.5 Å². The fourth-order valence-corrected chi connectivity index (χ4v) is 7.87. The zero-order valence-corrected chi connectivity index (χ0v) is 25.7. The van der Waals surface area contributed by atoms with E-state index in [1.165, 1.54) is 0 Å². The van der Waals surface area contributed by atoms with Crippen LogP contribution in [0.2, 0.25) is 0 Å². The number of amides is 3. The predicted molar refractivity (Wildman–Crippen MR) is 160 cm³/mol. The summed E-state index contributed by atoms with van der Waals surface area (Å²) in [6.07, 6.45) is 4.33. The van der Waals surface area contributed by atoms with E-state index in [0.29, 0.717) is 19.4 Å². The number of carbonyl (C=O) groups is 3. The van der Waals surface area contributed by atoms with Crippen molar-refractivity contribution in [2.24, 2.45) is 23.7 Å². The van der Waals surface area contributed by atoms with Gasteiger partial charge in [0.1, 0.15) is 11.6 Å². The Kier molecular flexibility index (Phi) is 8.59. The van der Waals surface area contributed by atoms with Gasteiger partial charge in [0.15, 0.2) is 0 Å². The van der Waals surface area contributed by atoms with Crippen LogP contribution in [-0.2, 0) is 19.1 Å². The SMILES string of the molecule is C=CCN(C)C(=O)[C@H]1[C@H]2C(=O)N([C@@H](CO)CC(C)C)C(C(=O)N(CC=C)c3c(C)cccc3C)C23CC(C)[C@]1(C)O3. The number of anilines is 1. The second-order valence-corrected chi connectivity index (χ2v) is 12.9. The standard InChI is InChI=1S/C33H47N3O5/c1-10-15-34(9)29(38)25-26-30(39)36(24(19-37)17-20(3)4)28(33(26)18-23(7)32(25,8)41-33)31(40)35(16-11-2)27-21(5)13-12-14-22(27)6/h10-14,20,23-26,28,37H,1-2,15-19H2,3-9H3/t23?,24-,25-,26+,28?,32+,33?/m1/s1. The Hall–Kier alpha value is -2.97. The molecule has 3 unspecified atom stereocenters. The van der Waals surface area contributed by atoms with Gasteiger partial charge in [0.2, 0.25) is 11.8 Å². The monoisotopic (exact) mass is 565 g/mol. The molecule has 41 heavy (non-hydrogen) atoms. The average molecular weight is 566 g/mol. The molecule has 224 valence electrons. The molecule has 0 aromatic heterocycles. The van der Waals surface area contributed by atoms with Gasteiger partial charge in [-0.2, -0.15) is 0 Å². The molecule has 0 radical (unpaired) electrons. The van der Waals surface area contributed by atoms with Gasteiger partial charge in [-0.25, -0.2) is 0 Å². The molecule has 1 aromatic carbocycles. The van der Waals surface area contributed by atoms with Crippen LogP contribution in [0.1, 0.15) is 51.7 Å². The third-order valence-corrected chi connectivity index (χ3v) is 9.67. The van der Waals surface area contributed by atoms with Crippen molar-refractivity contribution in [3.63, 3.8) is 0 Å². The normalized spacial score (nSPS) is 30.9. The number of aliphatic hydroxyl groups excluding tert-OH is 1. The first-order valence-corrected chi connectivity index (χ1v) is 14.8. The highest BCUT2D eigenvalue weighted by Crippen LogP contribution is 2.66. The first kappa shape index (κ1) is 31.0. The molecule has 0 aliphatic carbocycles. The van der Waals surface area contributed by atoms with Crippen LogP contribution in [-0.4, -0.2) is 82.7 Å². The topological polar surface area (TPSA) is 90.4 Å². The number of ether oxygens (including phenoxy) is 1. The van der Waals surface area contributed by atoms with Gasteiger partial charge in [-0.3, -0.25) is 14.4 Å². The second-order valence-electron chi connectivity index (χ2n) is 12.9. The molecule has 3 aliphatic heterocycles. The van der Waals surface area contributed by atoms with E-state index in [4.69, 9.17) is 4.74 Å². The van der Waals surface area contributed by atoms with E-state index >= 15 is 0 Å². The minimum Gasteiger partial charge on any atom is -0.394 e. The van der Waals surface area contributed by atoms with Gasteiger partial charge in [0, 0.05) is 25.8 Å². The van der Waals surface area contributed by atoms with Gasteiger partial charge < -0.3 is 24.5 Å². The second kappa shape index (κ2) is 11.4. The van der Waals surface area contributed by atoms with Crippen molar-refractivity contribution >= 4 is 23.4 Å². The number of rotatable bonds is 11. The first-order chi connectivity index (χ1) is 19.3. The van der Waals surface area contributed by atoms with Gasteiger partial charge in [0.25, 0.3) is 5.91 Å². The highest BCUT2D eigenvalue weighted by Gasteiger charge is 2.80. The molecule has 3 amide bonds. The summed E-state index contributed by atoms with van der Waals surface area (Å²) in [7, 11) is 1.71. The average Bonchev–Trinajstić information content (AvgIpc) is 3.42. The van der Waals surface area contributed by atoms with Crippen LogP contribution in [0.25, 0.3) is 0 Å². The minimum absolute atomic E-state index is 0.0707. The van der Waals surface area contributed by atoms with E-state index in [0.717, 1.165) is 16.8 Å². The Balaban J connectivity index is 1.93. The largest absolute Gasteiger partial charge is 0.394 e. The summed E-state index contributed by atoms with van der Waals surface area (Å²) >= 11 is 0. The molecular weight excluding hydrogens is 518 g/mol. The van der Waals surface area contributed by atoms with Crippen molar-refractivity contribution in [1.29, 1.82) is 0 Å². The number of hydrogen-bond donors (Lipinski definition) is 1. The predicted octanol–water partition coefficient (Wildman–Crippen LogP) is 3.88. The quantitative estimate of drug-likeness (QED) is 0.412. The van der Waals surface area contributed by atoms with Gasteiger partial charge in [0.05, 0.1) is 30.1 Å². The number of hydrogen-bond acceptors (Lipinski definition) is 5. The Labute approximate surface area is 245 Å². The van der Waals surface area contributed by atoms with E-state index in [-0.39, 0.29) is 42.7 Å². The third-order valence-electron chi connectivity index (χ3n) is 9.67. The number of benzene rings is 1. The Bertz CT molecular complexity index is 1210. The molecule has 8 nitrogen and oxygen atoms in total. The van der Waals surface area contributed by atoms with Crippen LogP contribution < -0.4 is 4.90 Å². The van der Waals surface area contributed by atoms with Crippen LogP contribution in [0.5, 0.6) is 0 Å². The molecule has 3 saturated heterocycles. The van der Waals surface area contributed by atoms with Crippen LogP contribution >= 0.6 is 0 Å². The van der Waals surface area contributed by atoms with Gasteiger partial charge in [-0.15, -0.1) is 13.2 Å². The van der Waals surface area contributed by atoms with Crippen molar-refractivity contribution < 1.29 is 24.2 Å². The number of likely N-dealkylation sites (N-methyl/N-ethyl adjacent to an activating group) is 1. The molecule has 3 heterocycles. The van der Waals surface area contributed by atoms with Crippen molar-refractivity contribution in [3.8, 4) is 0 Å². The lowest BCUT2D eigenvalue weighted by Gasteiger charge is -2.40. The summed E-state index contributed by atoms with van der Waals surface area (Å²) in [5, 5.41) is 10.6. The molecule has 3 fully saturated rings. The van der Waals surface area contributed by atoms with Crippen molar-refractivity contribution in [1.82, 2.24) is 9.80 Å². The Morgan fingerprint density at radius 3 is 2.32 bits per heavy atom. The van der Waals surface area contributed by atoms with Crippen LogP contribution in [0.3, 0.4) is 0 Å². The summed E-state index contributed by atoms with van der Waals surface area (Å²) in [4.78, 5) is 48.4. The fraction of sp³-hybridized carbons (Fsp3) is 0.606. The maximum Gasteiger partial charge on any atom is 0.253 e. The van der Waals surface area contributed by atoms with E-state index < -0.39 is 35.1 Å². The maximum absolute atomic E-state index is 15.0. The van der Waals surface area contributed by atoms with E-state index in [9.17, 15) is 19.5 Å².